The molecule has 0 spiro atoms. The molecule has 32 heavy (non-hydrogen) atoms. The van der Waals surface area contributed by atoms with Gasteiger partial charge in [-0.1, -0.05) is 18.9 Å². The summed E-state index contributed by atoms with van der Waals surface area (Å²) >= 11 is 0. The molecule has 0 bridgehead atoms. The van der Waals surface area contributed by atoms with Crippen LogP contribution >= 0.6 is 0 Å². The molecule has 4 unspecified atom stereocenters. The molecule has 0 saturated heterocycles. The van der Waals surface area contributed by atoms with Crippen molar-refractivity contribution in [3.8, 4) is 5.75 Å². The molecule has 1 aromatic carbocycles. The summed E-state index contributed by atoms with van der Waals surface area (Å²) in [4.78, 5) is 0. The van der Waals surface area contributed by atoms with Gasteiger partial charge in [0.15, 0.2) is 17.4 Å². The normalized spacial score (nSPS) is 33.0. The highest BCUT2D eigenvalue weighted by atomic mass is 19.3. The Morgan fingerprint density at radius 3 is 2.03 bits per heavy atom. The van der Waals surface area contributed by atoms with Crippen molar-refractivity contribution in [2.75, 3.05) is 0 Å². The summed E-state index contributed by atoms with van der Waals surface area (Å²) in [5, 5.41) is 0. The molecule has 3 aliphatic rings. The number of alkyl halides is 2. The van der Waals surface area contributed by atoms with E-state index in [2.05, 4.69) is 11.3 Å². The molecule has 4 atom stereocenters. The minimum atomic E-state index is -3.24. The van der Waals surface area contributed by atoms with Crippen LogP contribution in [0.2, 0.25) is 0 Å². The first-order valence-corrected chi connectivity index (χ1v) is 12.5. The van der Waals surface area contributed by atoms with Crippen LogP contribution in [0.4, 0.5) is 17.6 Å². The van der Waals surface area contributed by atoms with Gasteiger partial charge in [-0.2, -0.15) is 8.78 Å². The van der Waals surface area contributed by atoms with Crippen molar-refractivity contribution in [3.63, 3.8) is 0 Å². The lowest BCUT2D eigenvalue weighted by molar-refractivity contribution is -0.0546. The molecular formula is C27H36F4O. The Balaban J connectivity index is 1.31. The predicted octanol–water partition coefficient (Wildman–Crippen LogP) is 8.64. The molecule has 3 aliphatic carbocycles. The van der Waals surface area contributed by atoms with Gasteiger partial charge in [0.2, 0.25) is 0 Å². The van der Waals surface area contributed by atoms with Crippen LogP contribution in [0.1, 0.15) is 88.5 Å². The molecule has 3 fully saturated rings. The second-order valence-electron chi connectivity index (χ2n) is 10.4. The van der Waals surface area contributed by atoms with Crippen molar-refractivity contribution < 1.29 is 22.3 Å². The summed E-state index contributed by atoms with van der Waals surface area (Å²) < 4.78 is 57.2. The van der Waals surface area contributed by atoms with Gasteiger partial charge >= 0.3 is 6.61 Å². The van der Waals surface area contributed by atoms with Crippen molar-refractivity contribution >= 4 is 0 Å². The minimum Gasteiger partial charge on any atom is -0.429 e. The fraction of sp³-hybridized carbons (Fsp3) is 0.704. The lowest BCUT2D eigenvalue weighted by atomic mass is 9.60. The standard InChI is InChI=1S/C27H36F4O/c1-2-3-4-17-5-7-18(8-6-17)19-9-10-21-14-22(12-11-20(21)13-19)23-15-24(28)26(25(29)16-23)32-27(30)31/h2,15-22,27H,1,3-14H2. The molecule has 0 radical (unpaired) electrons. The third-order valence-electron chi connectivity index (χ3n) is 8.69. The SMILES string of the molecule is C=CCCC1CCC(C2CCC3CC(c4cc(F)c(OC(F)F)c(F)c4)CCC3C2)CC1. The quantitative estimate of drug-likeness (QED) is 0.297. The molecular weight excluding hydrogens is 416 g/mol. The van der Waals surface area contributed by atoms with Crippen molar-refractivity contribution in [3.05, 3.63) is 42.0 Å². The molecule has 1 nitrogen and oxygen atoms in total. The summed E-state index contributed by atoms with van der Waals surface area (Å²) in [5.41, 5.74) is 0.583. The van der Waals surface area contributed by atoms with Crippen LogP contribution in [-0.4, -0.2) is 6.61 Å². The van der Waals surface area contributed by atoms with E-state index >= 15 is 0 Å². The van der Waals surface area contributed by atoms with Crippen LogP contribution in [0.3, 0.4) is 0 Å². The van der Waals surface area contributed by atoms with Crippen molar-refractivity contribution in [2.24, 2.45) is 29.6 Å². The molecule has 0 aliphatic heterocycles. The second-order valence-corrected chi connectivity index (χ2v) is 10.4. The van der Waals surface area contributed by atoms with E-state index in [1.54, 1.807) is 0 Å². The number of halogens is 4. The zero-order valence-electron chi connectivity index (χ0n) is 18.9. The van der Waals surface area contributed by atoms with Gasteiger partial charge in [0.1, 0.15) is 0 Å². The Morgan fingerprint density at radius 1 is 0.844 bits per heavy atom. The van der Waals surface area contributed by atoms with Gasteiger partial charge in [0.25, 0.3) is 0 Å². The average molecular weight is 453 g/mol. The molecule has 5 heteroatoms. The first-order chi connectivity index (χ1) is 15.4. The first kappa shape index (κ1) is 23.6. The van der Waals surface area contributed by atoms with Gasteiger partial charge in [-0.3, -0.25) is 0 Å². The maximum atomic E-state index is 14.2. The number of allylic oxidation sites excluding steroid dienone is 1. The smallest absolute Gasteiger partial charge is 0.387 e. The van der Waals surface area contributed by atoms with E-state index in [4.69, 9.17) is 0 Å². The minimum absolute atomic E-state index is 0.0951. The summed E-state index contributed by atoms with van der Waals surface area (Å²) in [6.45, 7) is 0.611. The van der Waals surface area contributed by atoms with E-state index in [1.807, 2.05) is 6.08 Å². The summed E-state index contributed by atoms with van der Waals surface area (Å²) in [6.07, 6.45) is 16.7. The largest absolute Gasteiger partial charge is 0.429 e. The lowest BCUT2D eigenvalue weighted by Crippen LogP contribution is -2.34. The Morgan fingerprint density at radius 2 is 1.41 bits per heavy atom. The van der Waals surface area contributed by atoms with Crippen LogP contribution in [0.5, 0.6) is 5.75 Å². The van der Waals surface area contributed by atoms with Crippen LogP contribution < -0.4 is 4.74 Å². The average Bonchev–Trinajstić information content (AvgIpc) is 2.79. The summed E-state index contributed by atoms with van der Waals surface area (Å²) in [5.74, 6) is 0.985. The maximum absolute atomic E-state index is 14.2. The van der Waals surface area contributed by atoms with E-state index in [1.165, 1.54) is 63.5 Å². The molecule has 0 heterocycles. The Bertz CT molecular complexity index is 748. The number of hydrogen-bond donors (Lipinski definition) is 0. The van der Waals surface area contributed by atoms with Crippen LogP contribution in [0, 0.1) is 41.2 Å². The molecule has 3 saturated carbocycles. The number of benzene rings is 1. The van der Waals surface area contributed by atoms with Gasteiger partial charge in [-0.25, -0.2) is 8.78 Å². The maximum Gasteiger partial charge on any atom is 0.387 e. The first-order valence-electron chi connectivity index (χ1n) is 12.5. The van der Waals surface area contributed by atoms with Crippen LogP contribution in [0.15, 0.2) is 24.8 Å². The fourth-order valence-corrected chi connectivity index (χ4v) is 6.98. The summed E-state index contributed by atoms with van der Waals surface area (Å²) in [6, 6.07) is 2.39. The molecule has 4 rings (SSSR count). The van der Waals surface area contributed by atoms with Crippen LogP contribution in [-0.2, 0) is 0 Å². The number of rotatable bonds is 7. The van der Waals surface area contributed by atoms with Crippen molar-refractivity contribution in [2.45, 2.75) is 89.6 Å². The predicted molar refractivity (Wildman–Crippen MR) is 119 cm³/mol. The van der Waals surface area contributed by atoms with Gasteiger partial charge in [-0.05, 0) is 117 Å². The number of hydrogen-bond acceptors (Lipinski definition) is 1. The lowest BCUT2D eigenvalue weighted by Gasteiger charge is -2.45. The van der Waals surface area contributed by atoms with Gasteiger partial charge in [0, 0.05) is 0 Å². The monoisotopic (exact) mass is 452 g/mol. The van der Waals surface area contributed by atoms with Gasteiger partial charge in [-0.15, -0.1) is 6.58 Å². The van der Waals surface area contributed by atoms with E-state index in [9.17, 15) is 17.6 Å². The third-order valence-corrected chi connectivity index (χ3v) is 8.69. The summed E-state index contributed by atoms with van der Waals surface area (Å²) in [7, 11) is 0. The van der Waals surface area contributed by atoms with Gasteiger partial charge in [0.05, 0.1) is 0 Å². The number of fused-ring (bicyclic) bond motifs is 1. The topological polar surface area (TPSA) is 9.23 Å². The van der Waals surface area contributed by atoms with E-state index < -0.39 is 24.0 Å². The molecule has 178 valence electrons. The Labute approximate surface area is 189 Å². The molecule has 0 aromatic heterocycles. The second kappa shape index (κ2) is 10.6. The molecule has 0 N–H and O–H groups in total. The zero-order valence-corrected chi connectivity index (χ0v) is 18.9. The highest BCUT2D eigenvalue weighted by Crippen LogP contribution is 2.51. The third kappa shape index (κ3) is 5.51. The zero-order chi connectivity index (χ0) is 22.7. The van der Waals surface area contributed by atoms with Crippen molar-refractivity contribution in [1.82, 2.24) is 0 Å². The van der Waals surface area contributed by atoms with Crippen LogP contribution in [0.25, 0.3) is 0 Å². The number of ether oxygens (including phenoxy) is 1. The van der Waals surface area contributed by atoms with E-state index in [-0.39, 0.29) is 5.92 Å². The molecule has 1 aromatic rings. The molecule has 0 amide bonds. The highest BCUT2D eigenvalue weighted by molar-refractivity contribution is 5.33. The Kier molecular flexibility index (Phi) is 7.83. The Hall–Kier alpha value is -1.52. The van der Waals surface area contributed by atoms with E-state index in [0.717, 1.165) is 49.4 Å². The van der Waals surface area contributed by atoms with Crippen molar-refractivity contribution in [1.29, 1.82) is 0 Å². The fourth-order valence-electron chi connectivity index (χ4n) is 6.98. The highest BCUT2D eigenvalue weighted by Gasteiger charge is 2.39. The van der Waals surface area contributed by atoms with E-state index in [0.29, 0.717) is 11.5 Å². The van der Waals surface area contributed by atoms with Gasteiger partial charge < -0.3 is 4.74 Å².